The molecule has 0 saturated heterocycles. The van der Waals surface area contributed by atoms with Crippen LogP contribution in [0.2, 0.25) is 0 Å². The second kappa shape index (κ2) is 5.95. The summed E-state index contributed by atoms with van der Waals surface area (Å²) in [6.45, 7) is 2.71. The highest BCUT2D eigenvalue weighted by Crippen LogP contribution is 2.18. The van der Waals surface area contributed by atoms with E-state index in [1.165, 1.54) is 4.90 Å². The first-order valence-corrected chi connectivity index (χ1v) is 6.11. The summed E-state index contributed by atoms with van der Waals surface area (Å²) in [7, 11) is 1.71. The molecule has 0 saturated carbocycles. The Balaban J connectivity index is 2.29. The first-order chi connectivity index (χ1) is 9.24. The van der Waals surface area contributed by atoms with Crippen LogP contribution in [0.4, 0.5) is 11.5 Å². The summed E-state index contributed by atoms with van der Waals surface area (Å²) < 4.78 is 0. The van der Waals surface area contributed by atoms with Gasteiger partial charge in [0.15, 0.2) is 0 Å². The van der Waals surface area contributed by atoms with Crippen LogP contribution in [0.15, 0.2) is 42.9 Å². The number of hydrogen-bond donors (Lipinski definition) is 1. The van der Waals surface area contributed by atoms with E-state index in [1.807, 2.05) is 19.1 Å². The van der Waals surface area contributed by atoms with Gasteiger partial charge in [-0.05, 0) is 25.1 Å². The van der Waals surface area contributed by atoms with Crippen LogP contribution in [0.3, 0.4) is 0 Å². The molecule has 0 spiro atoms. The zero-order valence-corrected chi connectivity index (χ0v) is 11.0. The lowest BCUT2D eigenvalue weighted by Gasteiger charge is -2.18. The maximum Gasteiger partial charge on any atom is 0.261 e. The lowest BCUT2D eigenvalue weighted by molar-refractivity contribution is 0.0993. The standard InChI is InChI=1S/C14H16N4O/c1-3-16-12-10-15-9-7-11(12)14(19)18(2)13-6-4-5-8-17-13/h4-10,16H,3H2,1-2H3. The molecular formula is C14H16N4O. The van der Waals surface area contributed by atoms with E-state index in [4.69, 9.17) is 0 Å². The van der Waals surface area contributed by atoms with Crippen molar-refractivity contribution in [2.45, 2.75) is 6.92 Å². The quantitative estimate of drug-likeness (QED) is 0.911. The molecule has 0 aliphatic rings. The average Bonchev–Trinajstić information content (AvgIpc) is 2.47. The van der Waals surface area contributed by atoms with Crippen molar-refractivity contribution in [2.24, 2.45) is 0 Å². The molecule has 0 aliphatic carbocycles. The SMILES string of the molecule is CCNc1cnccc1C(=O)N(C)c1ccccn1. The Morgan fingerprint density at radius 1 is 1.32 bits per heavy atom. The fraction of sp³-hybridized carbons (Fsp3) is 0.214. The van der Waals surface area contributed by atoms with E-state index in [0.717, 1.165) is 12.2 Å². The number of hydrogen-bond acceptors (Lipinski definition) is 4. The fourth-order valence-electron chi connectivity index (χ4n) is 1.75. The minimum atomic E-state index is -0.114. The third kappa shape index (κ3) is 2.88. The zero-order valence-electron chi connectivity index (χ0n) is 11.0. The number of nitrogens with one attached hydrogen (secondary N) is 1. The number of aromatic nitrogens is 2. The second-order valence-electron chi connectivity index (χ2n) is 4.00. The van der Waals surface area contributed by atoms with Gasteiger partial charge in [0, 0.05) is 26.0 Å². The van der Waals surface area contributed by atoms with E-state index in [1.54, 1.807) is 37.8 Å². The molecule has 0 unspecified atom stereocenters. The van der Waals surface area contributed by atoms with Crippen LogP contribution in [0, 0.1) is 0 Å². The van der Waals surface area contributed by atoms with Gasteiger partial charge in [0.05, 0.1) is 17.4 Å². The number of carbonyl (C=O) groups excluding carboxylic acids is 1. The van der Waals surface area contributed by atoms with Crippen LogP contribution in [-0.2, 0) is 0 Å². The van der Waals surface area contributed by atoms with Crippen LogP contribution < -0.4 is 10.2 Å². The van der Waals surface area contributed by atoms with Crippen molar-refractivity contribution >= 4 is 17.4 Å². The molecule has 2 heterocycles. The Bertz CT molecular complexity index is 556. The number of pyridine rings is 2. The number of anilines is 2. The van der Waals surface area contributed by atoms with Crippen molar-refractivity contribution < 1.29 is 4.79 Å². The molecule has 5 heteroatoms. The van der Waals surface area contributed by atoms with Crippen LogP contribution in [0.25, 0.3) is 0 Å². The predicted molar refractivity (Wildman–Crippen MR) is 75.4 cm³/mol. The van der Waals surface area contributed by atoms with E-state index in [0.29, 0.717) is 11.4 Å². The van der Waals surface area contributed by atoms with Gasteiger partial charge < -0.3 is 5.32 Å². The number of nitrogens with zero attached hydrogens (tertiary/aromatic N) is 3. The van der Waals surface area contributed by atoms with Crippen LogP contribution in [0.5, 0.6) is 0 Å². The Hall–Kier alpha value is -2.43. The molecule has 0 atom stereocenters. The van der Waals surface area contributed by atoms with Crippen molar-refractivity contribution in [3.8, 4) is 0 Å². The average molecular weight is 256 g/mol. The predicted octanol–water partition coefficient (Wildman–Crippen LogP) is 2.18. The number of carbonyl (C=O) groups is 1. The molecule has 2 aromatic rings. The van der Waals surface area contributed by atoms with E-state index in [-0.39, 0.29) is 5.91 Å². The Labute approximate surface area is 112 Å². The van der Waals surface area contributed by atoms with Gasteiger partial charge in [0.25, 0.3) is 5.91 Å². The van der Waals surface area contributed by atoms with Crippen molar-refractivity contribution in [1.29, 1.82) is 0 Å². The van der Waals surface area contributed by atoms with Crippen molar-refractivity contribution in [2.75, 3.05) is 23.8 Å². The highest BCUT2D eigenvalue weighted by molar-refractivity contribution is 6.08. The topological polar surface area (TPSA) is 58.1 Å². The van der Waals surface area contributed by atoms with Gasteiger partial charge in [-0.2, -0.15) is 0 Å². The van der Waals surface area contributed by atoms with Gasteiger partial charge in [0.2, 0.25) is 0 Å². The van der Waals surface area contributed by atoms with Crippen molar-refractivity contribution in [1.82, 2.24) is 9.97 Å². The molecule has 1 amide bonds. The van der Waals surface area contributed by atoms with Gasteiger partial charge in [-0.3, -0.25) is 14.7 Å². The minimum Gasteiger partial charge on any atom is -0.383 e. The number of amides is 1. The van der Waals surface area contributed by atoms with Gasteiger partial charge >= 0.3 is 0 Å². The van der Waals surface area contributed by atoms with E-state index in [2.05, 4.69) is 15.3 Å². The van der Waals surface area contributed by atoms with Gasteiger partial charge in [0.1, 0.15) is 5.82 Å². The molecule has 0 fully saturated rings. The summed E-state index contributed by atoms with van der Waals surface area (Å²) in [4.78, 5) is 22.2. The molecule has 2 aromatic heterocycles. The molecule has 98 valence electrons. The van der Waals surface area contributed by atoms with Crippen LogP contribution in [0.1, 0.15) is 17.3 Å². The molecule has 0 radical (unpaired) electrons. The van der Waals surface area contributed by atoms with Gasteiger partial charge in [-0.1, -0.05) is 6.07 Å². The Kier molecular flexibility index (Phi) is 4.07. The van der Waals surface area contributed by atoms with Crippen LogP contribution >= 0.6 is 0 Å². The molecule has 0 bridgehead atoms. The normalized spacial score (nSPS) is 10.0. The summed E-state index contributed by atoms with van der Waals surface area (Å²) in [5, 5.41) is 3.13. The first kappa shape index (κ1) is 13.0. The lowest BCUT2D eigenvalue weighted by Crippen LogP contribution is -2.27. The number of rotatable bonds is 4. The van der Waals surface area contributed by atoms with Gasteiger partial charge in [-0.15, -0.1) is 0 Å². The summed E-state index contributed by atoms with van der Waals surface area (Å²) in [6, 6.07) is 7.17. The smallest absolute Gasteiger partial charge is 0.261 e. The molecular weight excluding hydrogens is 240 g/mol. The maximum absolute atomic E-state index is 12.5. The highest BCUT2D eigenvalue weighted by Gasteiger charge is 2.17. The fourth-order valence-corrected chi connectivity index (χ4v) is 1.75. The molecule has 2 rings (SSSR count). The summed E-state index contributed by atoms with van der Waals surface area (Å²) in [5.74, 6) is 0.504. The zero-order chi connectivity index (χ0) is 13.7. The lowest BCUT2D eigenvalue weighted by atomic mass is 10.2. The van der Waals surface area contributed by atoms with E-state index >= 15 is 0 Å². The van der Waals surface area contributed by atoms with Crippen LogP contribution in [-0.4, -0.2) is 29.5 Å². The first-order valence-electron chi connectivity index (χ1n) is 6.11. The maximum atomic E-state index is 12.5. The summed E-state index contributed by atoms with van der Waals surface area (Å²) in [5.41, 5.74) is 1.32. The highest BCUT2D eigenvalue weighted by atomic mass is 16.2. The summed E-state index contributed by atoms with van der Waals surface area (Å²) >= 11 is 0. The molecule has 0 aromatic carbocycles. The molecule has 1 N–H and O–H groups in total. The molecule has 19 heavy (non-hydrogen) atoms. The molecule has 0 aliphatic heterocycles. The Morgan fingerprint density at radius 3 is 2.84 bits per heavy atom. The van der Waals surface area contributed by atoms with Gasteiger partial charge in [-0.25, -0.2) is 4.98 Å². The van der Waals surface area contributed by atoms with E-state index in [9.17, 15) is 4.79 Å². The molecule has 5 nitrogen and oxygen atoms in total. The largest absolute Gasteiger partial charge is 0.383 e. The summed E-state index contributed by atoms with van der Waals surface area (Å²) in [6.07, 6.45) is 4.93. The third-order valence-corrected chi connectivity index (χ3v) is 2.72. The Morgan fingerprint density at radius 2 is 2.16 bits per heavy atom. The third-order valence-electron chi connectivity index (χ3n) is 2.72. The monoisotopic (exact) mass is 256 g/mol. The second-order valence-corrected chi connectivity index (χ2v) is 4.00. The van der Waals surface area contributed by atoms with Crippen molar-refractivity contribution in [3.63, 3.8) is 0 Å². The minimum absolute atomic E-state index is 0.114. The van der Waals surface area contributed by atoms with Crippen molar-refractivity contribution in [3.05, 3.63) is 48.4 Å². The van der Waals surface area contributed by atoms with E-state index < -0.39 is 0 Å².